The Hall–Kier alpha value is -3.22. The van der Waals surface area contributed by atoms with Crippen LogP contribution >= 0.6 is 0 Å². The zero-order valence-electron chi connectivity index (χ0n) is 15.0. The first kappa shape index (κ1) is 18.2. The van der Waals surface area contributed by atoms with Crippen molar-refractivity contribution in [1.29, 1.82) is 0 Å². The Morgan fingerprint density at radius 2 is 1.89 bits per heavy atom. The lowest BCUT2D eigenvalue weighted by molar-refractivity contribution is -0.0498. The van der Waals surface area contributed by atoms with Crippen LogP contribution in [0.15, 0.2) is 53.3 Å². The number of ether oxygens (including phenoxy) is 1. The van der Waals surface area contributed by atoms with Crippen LogP contribution in [0.1, 0.15) is 33.8 Å². The molecule has 2 aromatic carbocycles. The van der Waals surface area contributed by atoms with Crippen molar-refractivity contribution in [2.45, 2.75) is 31.9 Å². The number of carbonyl (C=O) groups excluding carboxylic acids is 1. The Morgan fingerprint density at radius 3 is 2.61 bits per heavy atom. The summed E-state index contributed by atoms with van der Waals surface area (Å²) in [5, 5.41) is 3.73. The maximum Gasteiger partial charge on any atom is 0.387 e. The highest BCUT2D eigenvalue weighted by Gasteiger charge is 2.40. The monoisotopic (exact) mass is 384 g/mol. The number of hydrogen-bond donors (Lipinski definition) is 2. The highest BCUT2D eigenvalue weighted by atomic mass is 19.3. The number of H-pyrrole nitrogens is 1. The van der Waals surface area contributed by atoms with Gasteiger partial charge in [0, 0.05) is 22.9 Å². The molecule has 1 fully saturated rings. The van der Waals surface area contributed by atoms with Crippen molar-refractivity contribution in [2.24, 2.45) is 0 Å². The third kappa shape index (κ3) is 3.47. The second-order valence-corrected chi connectivity index (χ2v) is 6.87. The van der Waals surface area contributed by atoms with Gasteiger partial charge in [-0.15, -0.1) is 0 Å². The molecular weight excluding hydrogens is 366 g/mol. The van der Waals surface area contributed by atoms with Crippen LogP contribution in [0.3, 0.4) is 0 Å². The molecule has 2 N–H and O–H groups in total. The molecule has 1 heterocycles. The number of pyridine rings is 1. The maximum absolute atomic E-state index is 12.7. The number of hydrogen-bond acceptors (Lipinski definition) is 3. The summed E-state index contributed by atoms with van der Waals surface area (Å²) >= 11 is 0. The van der Waals surface area contributed by atoms with Crippen LogP contribution in [-0.4, -0.2) is 23.5 Å². The van der Waals surface area contributed by atoms with Crippen LogP contribution in [-0.2, 0) is 0 Å². The molecule has 4 rings (SSSR count). The molecule has 1 aliphatic carbocycles. The van der Waals surface area contributed by atoms with Gasteiger partial charge < -0.3 is 15.0 Å². The molecule has 0 saturated heterocycles. The molecule has 144 valence electrons. The molecule has 1 aliphatic rings. The minimum absolute atomic E-state index is 0.0874. The first-order chi connectivity index (χ1) is 13.4. The Balaban J connectivity index is 1.48. The van der Waals surface area contributed by atoms with Crippen LogP contribution in [0.4, 0.5) is 8.78 Å². The van der Waals surface area contributed by atoms with Crippen molar-refractivity contribution >= 4 is 16.8 Å². The van der Waals surface area contributed by atoms with Crippen LogP contribution in [0.2, 0.25) is 0 Å². The van der Waals surface area contributed by atoms with Gasteiger partial charge in [-0.3, -0.25) is 9.59 Å². The van der Waals surface area contributed by atoms with Gasteiger partial charge in [0.1, 0.15) is 11.3 Å². The standard InChI is InChI=1S/C21H18F2N2O3/c1-11-14-4-2-3-5-16(14)24-19(26)18(11)20(27)25-17-10-15(17)12-6-8-13(9-7-12)28-21(22)23/h2-9,15,17,21H,10H2,1H3,(H,24,26)(H,25,27)/t15-,17+/m0/s1. The number of fused-ring (bicyclic) bond motifs is 1. The topological polar surface area (TPSA) is 71.2 Å². The van der Waals surface area contributed by atoms with E-state index >= 15 is 0 Å². The van der Waals surface area contributed by atoms with Crippen LogP contribution < -0.4 is 15.6 Å². The largest absolute Gasteiger partial charge is 0.435 e. The second-order valence-electron chi connectivity index (χ2n) is 6.87. The second kappa shape index (κ2) is 7.07. The van der Waals surface area contributed by atoms with E-state index in [1.165, 1.54) is 12.1 Å². The number of amides is 1. The van der Waals surface area contributed by atoms with Crippen molar-refractivity contribution in [1.82, 2.24) is 10.3 Å². The fourth-order valence-corrected chi connectivity index (χ4v) is 3.54. The van der Waals surface area contributed by atoms with Gasteiger partial charge in [0.25, 0.3) is 11.5 Å². The lowest BCUT2D eigenvalue weighted by Crippen LogP contribution is -2.32. The summed E-state index contributed by atoms with van der Waals surface area (Å²) in [5.41, 5.74) is 1.96. The van der Waals surface area contributed by atoms with Gasteiger partial charge in [-0.05, 0) is 42.7 Å². The van der Waals surface area contributed by atoms with E-state index < -0.39 is 18.1 Å². The Labute approximate surface area is 159 Å². The average Bonchev–Trinajstić information content (AvgIpc) is 3.41. The van der Waals surface area contributed by atoms with Gasteiger partial charge >= 0.3 is 6.61 Å². The summed E-state index contributed by atoms with van der Waals surface area (Å²) in [6, 6.07) is 13.6. The van der Waals surface area contributed by atoms with Crippen molar-refractivity contribution in [3.63, 3.8) is 0 Å². The van der Waals surface area contributed by atoms with Crippen molar-refractivity contribution in [2.75, 3.05) is 0 Å². The first-order valence-corrected chi connectivity index (χ1v) is 8.91. The molecule has 0 aliphatic heterocycles. The lowest BCUT2D eigenvalue weighted by atomic mass is 10.0. The molecule has 3 aromatic rings. The van der Waals surface area contributed by atoms with E-state index in [0.29, 0.717) is 11.1 Å². The van der Waals surface area contributed by atoms with Gasteiger partial charge in [0.2, 0.25) is 0 Å². The summed E-state index contributed by atoms with van der Waals surface area (Å²) in [7, 11) is 0. The molecular formula is C21H18F2N2O3. The van der Waals surface area contributed by atoms with E-state index in [1.54, 1.807) is 25.1 Å². The molecule has 0 bridgehead atoms. The Kier molecular flexibility index (Phi) is 4.58. The number of rotatable bonds is 5. The molecule has 0 radical (unpaired) electrons. The number of alkyl halides is 2. The molecule has 7 heteroatoms. The third-order valence-corrected chi connectivity index (χ3v) is 5.05. The number of carbonyl (C=O) groups is 1. The highest BCUT2D eigenvalue weighted by Crippen LogP contribution is 2.41. The van der Waals surface area contributed by atoms with Gasteiger partial charge in [0.15, 0.2) is 0 Å². The lowest BCUT2D eigenvalue weighted by Gasteiger charge is -2.10. The highest BCUT2D eigenvalue weighted by molar-refractivity contribution is 6.00. The summed E-state index contributed by atoms with van der Waals surface area (Å²) in [6.07, 6.45) is 0.728. The van der Waals surface area contributed by atoms with E-state index in [9.17, 15) is 18.4 Å². The zero-order chi connectivity index (χ0) is 19.8. The number of nitrogens with one attached hydrogen (secondary N) is 2. The van der Waals surface area contributed by atoms with E-state index in [1.807, 2.05) is 18.2 Å². The number of para-hydroxylation sites is 1. The summed E-state index contributed by atoms with van der Waals surface area (Å²) in [5.74, 6) is -0.225. The molecule has 28 heavy (non-hydrogen) atoms. The fraction of sp³-hybridized carbons (Fsp3) is 0.238. The number of aromatic nitrogens is 1. The minimum atomic E-state index is -2.86. The normalized spacial score (nSPS) is 18.3. The molecule has 0 spiro atoms. The molecule has 1 aromatic heterocycles. The number of halogens is 2. The van der Waals surface area contributed by atoms with E-state index in [-0.39, 0.29) is 23.3 Å². The number of aryl methyl sites for hydroxylation is 1. The maximum atomic E-state index is 12.7. The molecule has 1 amide bonds. The van der Waals surface area contributed by atoms with E-state index in [2.05, 4.69) is 15.0 Å². The van der Waals surface area contributed by atoms with Crippen LogP contribution in [0, 0.1) is 6.92 Å². The van der Waals surface area contributed by atoms with Crippen molar-refractivity contribution < 1.29 is 18.3 Å². The number of benzene rings is 2. The minimum Gasteiger partial charge on any atom is -0.435 e. The first-order valence-electron chi connectivity index (χ1n) is 8.91. The van der Waals surface area contributed by atoms with E-state index in [4.69, 9.17) is 0 Å². The zero-order valence-corrected chi connectivity index (χ0v) is 15.0. The van der Waals surface area contributed by atoms with Gasteiger partial charge in [-0.25, -0.2) is 0 Å². The van der Waals surface area contributed by atoms with E-state index in [0.717, 1.165) is 17.4 Å². The number of aromatic amines is 1. The fourth-order valence-electron chi connectivity index (χ4n) is 3.54. The predicted molar refractivity (Wildman–Crippen MR) is 101 cm³/mol. The van der Waals surface area contributed by atoms with Crippen LogP contribution in [0.5, 0.6) is 5.75 Å². The third-order valence-electron chi connectivity index (χ3n) is 5.05. The molecule has 1 saturated carbocycles. The molecule has 0 unspecified atom stereocenters. The average molecular weight is 384 g/mol. The van der Waals surface area contributed by atoms with Gasteiger partial charge in [-0.1, -0.05) is 30.3 Å². The summed E-state index contributed by atoms with van der Waals surface area (Å²) < 4.78 is 28.8. The predicted octanol–water partition coefficient (Wildman–Crippen LogP) is 3.72. The quantitative estimate of drug-likeness (QED) is 0.704. The molecule has 5 nitrogen and oxygen atoms in total. The Morgan fingerprint density at radius 1 is 1.18 bits per heavy atom. The van der Waals surface area contributed by atoms with Crippen molar-refractivity contribution in [3.8, 4) is 5.75 Å². The SMILES string of the molecule is Cc1c(C(=O)N[C@@H]2C[C@H]2c2ccc(OC(F)F)cc2)c(=O)[nH]c2ccccc12. The summed E-state index contributed by atoms with van der Waals surface area (Å²) in [4.78, 5) is 27.8. The summed E-state index contributed by atoms with van der Waals surface area (Å²) in [6.45, 7) is -1.10. The van der Waals surface area contributed by atoms with Crippen molar-refractivity contribution in [3.05, 3.63) is 75.6 Å². The van der Waals surface area contributed by atoms with Gasteiger partial charge in [0.05, 0.1) is 0 Å². The Bertz CT molecular complexity index is 1090. The smallest absolute Gasteiger partial charge is 0.387 e. The van der Waals surface area contributed by atoms with Crippen LogP contribution in [0.25, 0.3) is 10.9 Å². The molecule has 2 atom stereocenters. The van der Waals surface area contributed by atoms with Gasteiger partial charge in [-0.2, -0.15) is 8.78 Å².